The van der Waals surface area contributed by atoms with E-state index in [-0.39, 0.29) is 0 Å². The van der Waals surface area contributed by atoms with Crippen molar-refractivity contribution in [2.24, 2.45) is 0 Å². The molecule has 1 aliphatic heterocycles. The Kier molecular flexibility index (Phi) is 8.69. The molecule has 0 unspecified atom stereocenters. The highest BCUT2D eigenvalue weighted by molar-refractivity contribution is 7.91. The Hall–Kier alpha value is -7.28. The van der Waals surface area contributed by atoms with Gasteiger partial charge in [-0.1, -0.05) is 188 Å². The Morgan fingerprint density at radius 1 is 0.310 bits per heavy atom. The number of fused-ring (bicyclic) bond motifs is 2. The predicted molar refractivity (Wildman–Crippen MR) is 231 cm³/mol. The standard InChI is InChI=1S/C52H35N3O2S/c56-58(57)47-28-12-10-26-45(47)52(43-23-8-3-9-24-43,46-27-11-13-29-48(46)58)44-25-15-21-41(35-44)40-20-14-22-42(34-40)51-54-49(38-18-6-2-7-19-38)53-50(55-51)39-32-30-37(31-33-39)36-16-4-1-5-17-36/h1-35H. The maximum atomic E-state index is 14.2. The summed E-state index contributed by atoms with van der Waals surface area (Å²) in [5, 5.41) is 0. The smallest absolute Gasteiger partial charge is 0.207 e. The zero-order valence-corrected chi connectivity index (χ0v) is 32.1. The lowest BCUT2D eigenvalue weighted by atomic mass is 9.64. The number of nitrogens with zero attached hydrogens (tertiary/aromatic N) is 3. The van der Waals surface area contributed by atoms with Crippen LogP contribution < -0.4 is 0 Å². The number of sulfone groups is 1. The molecular formula is C52H35N3O2S. The van der Waals surface area contributed by atoms with Crippen molar-refractivity contribution in [1.29, 1.82) is 0 Å². The first-order chi connectivity index (χ1) is 28.5. The van der Waals surface area contributed by atoms with Crippen molar-refractivity contribution in [3.05, 3.63) is 235 Å². The van der Waals surface area contributed by atoms with Crippen LogP contribution in [0.4, 0.5) is 0 Å². The van der Waals surface area contributed by atoms with E-state index in [1.807, 2.05) is 103 Å². The zero-order chi connectivity index (χ0) is 39.1. The highest BCUT2D eigenvalue weighted by Gasteiger charge is 2.48. The number of rotatable bonds is 7. The zero-order valence-electron chi connectivity index (χ0n) is 31.3. The molecular weight excluding hydrogens is 731 g/mol. The molecule has 0 atom stereocenters. The van der Waals surface area contributed by atoms with Crippen LogP contribution >= 0.6 is 0 Å². The van der Waals surface area contributed by atoms with Crippen LogP contribution in [0.5, 0.6) is 0 Å². The van der Waals surface area contributed by atoms with Gasteiger partial charge in [0, 0.05) is 16.7 Å². The fraction of sp³-hybridized carbons (Fsp3) is 0.0192. The van der Waals surface area contributed by atoms with Crippen LogP contribution in [0.15, 0.2) is 222 Å². The van der Waals surface area contributed by atoms with Gasteiger partial charge in [-0.25, -0.2) is 23.4 Å². The molecule has 0 saturated carbocycles. The number of aromatic nitrogens is 3. The minimum absolute atomic E-state index is 0.319. The van der Waals surface area contributed by atoms with E-state index in [9.17, 15) is 8.42 Å². The summed E-state index contributed by atoms with van der Waals surface area (Å²) in [7, 11) is -3.77. The summed E-state index contributed by atoms with van der Waals surface area (Å²) >= 11 is 0. The third-order valence-electron chi connectivity index (χ3n) is 11.0. The molecule has 58 heavy (non-hydrogen) atoms. The van der Waals surface area contributed by atoms with Crippen LogP contribution in [-0.4, -0.2) is 23.4 Å². The van der Waals surface area contributed by atoms with E-state index >= 15 is 0 Å². The van der Waals surface area contributed by atoms with Gasteiger partial charge >= 0.3 is 0 Å². The van der Waals surface area contributed by atoms with Gasteiger partial charge in [0.15, 0.2) is 17.5 Å². The third kappa shape index (κ3) is 5.94. The molecule has 10 rings (SSSR count). The monoisotopic (exact) mass is 765 g/mol. The van der Waals surface area contributed by atoms with Crippen molar-refractivity contribution in [1.82, 2.24) is 15.0 Å². The molecule has 8 aromatic carbocycles. The summed E-state index contributed by atoms with van der Waals surface area (Å²) in [4.78, 5) is 15.7. The molecule has 6 heteroatoms. The van der Waals surface area contributed by atoms with E-state index < -0.39 is 15.3 Å². The molecule has 5 nitrogen and oxygen atoms in total. The summed E-state index contributed by atoms with van der Waals surface area (Å²) in [6.45, 7) is 0. The molecule has 0 N–H and O–H groups in total. The largest absolute Gasteiger partial charge is 0.218 e. The van der Waals surface area contributed by atoms with Crippen LogP contribution in [-0.2, 0) is 15.3 Å². The second-order valence-electron chi connectivity index (χ2n) is 14.4. The van der Waals surface area contributed by atoms with E-state index in [0.29, 0.717) is 27.3 Å². The average Bonchev–Trinajstić information content (AvgIpc) is 3.30. The normalized spacial score (nSPS) is 13.6. The lowest BCUT2D eigenvalue weighted by molar-refractivity contribution is 0.579. The number of hydrogen-bond acceptors (Lipinski definition) is 5. The van der Waals surface area contributed by atoms with Gasteiger partial charge in [0.1, 0.15) is 0 Å². The predicted octanol–water partition coefficient (Wildman–Crippen LogP) is 11.7. The van der Waals surface area contributed by atoms with E-state index in [1.54, 1.807) is 24.3 Å². The molecule has 2 heterocycles. The van der Waals surface area contributed by atoms with Gasteiger partial charge in [0.2, 0.25) is 9.84 Å². The van der Waals surface area contributed by atoms with Gasteiger partial charge in [-0.15, -0.1) is 0 Å². The van der Waals surface area contributed by atoms with Crippen LogP contribution in [0.25, 0.3) is 56.4 Å². The lowest BCUT2D eigenvalue weighted by Gasteiger charge is -2.41. The van der Waals surface area contributed by atoms with Crippen LogP contribution in [0.1, 0.15) is 22.3 Å². The first kappa shape index (κ1) is 35.2. The van der Waals surface area contributed by atoms with Crippen LogP contribution in [0, 0.1) is 0 Å². The summed E-state index contributed by atoms with van der Waals surface area (Å²) < 4.78 is 28.4. The Bertz CT molecular complexity index is 3010. The van der Waals surface area contributed by atoms with Crippen molar-refractivity contribution < 1.29 is 8.42 Å². The Balaban J connectivity index is 1.12. The summed E-state index contributed by atoms with van der Waals surface area (Å²) in [5.74, 6) is 1.75. The summed E-state index contributed by atoms with van der Waals surface area (Å²) in [6, 6.07) is 70.4. The molecule has 0 radical (unpaired) electrons. The minimum atomic E-state index is -3.77. The van der Waals surface area contributed by atoms with Crippen LogP contribution in [0.3, 0.4) is 0 Å². The maximum Gasteiger partial charge on any atom is 0.207 e. The maximum absolute atomic E-state index is 14.2. The van der Waals surface area contributed by atoms with Gasteiger partial charge in [-0.2, -0.15) is 0 Å². The van der Waals surface area contributed by atoms with E-state index in [4.69, 9.17) is 15.0 Å². The van der Waals surface area contributed by atoms with Crippen molar-refractivity contribution in [2.45, 2.75) is 15.2 Å². The number of hydrogen-bond donors (Lipinski definition) is 0. The fourth-order valence-electron chi connectivity index (χ4n) is 8.32. The molecule has 276 valence electrons. The highest BCUT2D eigenvalue weighted by Crippen LogP contribution is 2.53. The van der Waals surface area contributed by atoms with Gasteiger partial charge in [0.25, 0.3) is 0 Å². The van der Waals surface area contributed by atoms with Gasteiger partial charge in [0.05, 0.1) is 15.2 Å². The molecule has 0 saturated heterocycles. The molecule has 9 aromatic rings. The first-order valence-corrected chi connectivity index (χ1v) is 20.7. The fourth-order valence-corrected chi connectivity index (χ4v) is 10.1. The Morgan fingerprint density at radius 2 is 0.690 bits per heavy atom. The molecule has 1 aromatic heterocycles. The van der Waals surface area contributed by atoms with Crippen molar-refractivity contribution in [2.75, 3.05) is 0 Å². The van der Waals surface area contributed by atoms with Gasteiger partial charge in [-0.05, 0) is 68.8 Å². The van der Waals surface area contributed by atoms with Crippen molar-refractivity contribution >= 4 is 9.84 Å². The molecule has 0 bridgehead atoms. The quantitative estimate of drug-likeness (QED) is 0.162. The second kappa shape index (κ2) is 14.3. The van der Waals surface area contributed by atoms with Gasteiger partial charge < -0.3 is 0 Å². The minimum Gasteiger partial charge on any atom is -0.218 e. The Morgan fingerprint density at radius 3 is 1.29 bits per heavy atom. The SMILES string of the molecule is O=S1(=O)c2ccccc2C(c2ccccc2)(c2cccc(-c3cccc(-c4nc(-c5ccccc5)nc(-c5ccc(-c6ccccc6)cc5)n4)c3)c2)c2ccccc21. The molecule has 0 amide bonds. The van der Waals surface area contributed by atoms with Crippen LogP contribution in [0.2, 0.25) is 0 Å². The van der Waals surface area contributed by atoms with E-state index in [1.165, 1.54) is 0 Å². The third-order valence-corrected chi connectivity index (χ3v) is 12.9. The van der Waals surface area contributed by atoms with Gasteiger partial charge in [-0.3, -0.25) is 0 Å². The molecule has 0 fully saturated rings. The summed E-state index contributed by atoms with van der Waals surface area (Å²) in [6.07, 6.45) is 0. The topological polar surface area (TPSA) is 72.8 Å². The Labute approximate surface area is 338 Å². The molecule has 0 aliphatic carbocycles. The van der Waals surface area contributed by atoms with Crippen molar-refractivity contribution in [3.8, 4) is 56.4 Å². The summed E-state index contributed by atoms with van der Waals surface area (Å²) in [5.41, 5.74) is 9.36. The molecule has 1 aliphatic rings. The average molecular weight is 766 g/mol. The van der Waals surface area contributed by atoms with E-state index in [0.717, 1.165) is 61.2 Å². The second-order valence-corrected chi connectivity index (χ2v) is 16.3. The highest BCUT2D eigenvalue weighted by atomic mass is 32.2. The number of benzene rings is 8. The first-order valence-electron chi connectivity index (χ1n) is 19.2. The van der Waals surface area contributed by atoms with Crippen molar-refractivity contribution in [3.63, 3.8) is 0 Å². The van der Waals surface area contributed by atoms with E-state index in [2.05, 4.69) is 84.9 Å². The molecule has 0 spiro atoms. The lowest BCUT2D eigenvalue weighted by Crippen LogP contribution is -2.37.